The van der Waals surface area contributed by atoms with E-state index in [0.717, 1.165) is 17.7 Å². The number of hydrogen-bond donors (Lipinski definition) is 1. The summed E-state index contributed by atoms with van der Waals surface area (Å²) >= 11 is 0. The Hall–Kier alpha value is -3.61. The van der Waals surface area contributed by atoms with Crippen LogP contribution < -0.4 is 11.1 Å². The van der Waals surface area contributed by atoms with Crippen LogP contribution in [0.25, 0.3) is 16.8 Å². The second-order valence-corrected chi connectivity index (χ2v) is 6.45. The zero-order valence-electron chi connectivity index (χ0n) is 15.2. The van der Waals surface area contributed by atoms with Crippen molar-refractivity contribution in [3.8, 4) is 5.69 Å². The van der Waals surface area contributed by atoms with Gasteiger partial charge in [0.05, 0.1) is 11.2 Å². The third-order valence-electron chi connectivity index (χ3n) is 4.58. The van der Waals surface area contributed by atoms with Gasteiger partial charge >= 0.3 is 5.76 Å². The first-order valence-electron chi connectivity index (χ1n) is 9.15. The topological polar surface area (TPSA) is 82.1 Å². The molecule has 0 aliphatic rings. The van der Waals surface area contributed by atoms with Crippen LogP contribution in [0.1, 0.15) is 12.0 Å². The molecule has 0 atom stereocenters. The van der Waals surface area contributed by atoms with Gasteiger partial charge in [-0.2, -0.15) is 5.10 Å². The standard InChI is InChI=1S/C21H20N4O3/c26-20(11-15-24-18-4-1-2-5-19(18)28-21(24)27)22-13-10-16-6-8-17(9-7-16)25-14-3-12-23-25/h1-9,12,14H,10-11,13,15H2,(H,22,26). The van der Waals surface area contributed by atoms with E-state index >= 15 is 0 Å². The van der Waals surface area contributed by atoms with Crippen molar-refractivity contribution in [2.24, 2.45) is 0 Å². The van der Waals surface area contributed by atoms with E-state index in [1.807, 2.05) is 54.7 Å². The zero-order chi connectivity index (χ0) is 19.3. The van der Waals surface area contributed by atoms with Gasteiger partial charge in [0.1, 0.15) is 0 Å². The SMILES string of the molecule is O=C(CCn1c(=O)oc2ccccc21)NCCc1ccc(-n2cccn2)cc1. The number of aromatic nitrogens is 3. The Kier molecular flexibility index (Phi) is 5.05. The molecule has 0 saturated heterocycles. The predicted molar refractivity (Wildman–Crippen MR) is 105 cm³/mol. The molecule has 2 heterocycles. The smallest absolute Gasteiger partial charge is 0.408 e. The largest absolute Gasteiger partial charge is 0.419 e. The lowest BCUT2D eigenvalue weighted by molar-refractivity contribution is -0.121. The number of para-hydroxylation sites is 2. The quantitative estimate of drug-likeness (QED) is 0.537. The third kappa shape index (κ3) is 3.88. The summed E-state index contributed by atoms with van der Waals surface area (Å²) in [6.45, 7) is 0.835. The molecular weight excluding hydrogens is 356 g/mol. The Morgan fingerprint density at radius 2 is 1.89 bits per heavy atom. The van der Waals surface area contributed by atoms with Gasteiger partial charge < -0.3 is 9.73 Å². The Morgan fingerprint density at radius 1 is 1.07 bits per heavy atom. The summed E-state index contributed by atoms with van der Waals surface area (Å²) in [5.74, 6) is -0.531. The van der Waals surface area contributed by atoms with E-state index < -0.39 is 5.76 Å². The maximum Gasteiger partial charge on any atom is 0.419 e. The molecule has 142 valence electrons. The van der Waals surface area contributed by atoms with Crippen molar-refractivity contribution in [3.63, 3.8) is 0 Å². The fraction of sp³-hybridized carbons (Fsp3) is 0.190. The van der Waals surface area contributed by atoms with E-state index in [-0.39, 0.29) is 12.3 Å². The Morgan fingerprint density at radius 3 is 2.68 bits per heavy atom. The molecule has 4 rings (SSSR count). The molecule has 0 unspecified atom stereocenters. The van der Waals surface area contributed by atoms with Crippen molar-refractivity contribution < 1.29 is 9.21 Å². The molecule has 2 aromatic heterocycles. The lowest BCUT2D eigenvalue weighted by atomic mass is 10.1. The van der Waals surface area contributed by atoms with Crippen LogP contribution in [0.3, 0.4) is 0 Å². The highest BCUT2D eigenvalue weighted by Crippen LogP contribution is 2.12. The Labute approximate surface area is 161 Å². The summed E-state index contributed by atoms with van der Waals surface area (Å²) < 4.78 is 8.46. The maximum atomic E-state index is 12.1. The van der Waals surface area contributed by atoms with Crippen molar-refractivity contribution in [3.05, 3.63) is 83.1 Å². The van der Waals surface area contributed by atoms with Gasteiger partial charge in [0.25, 0.3) is 0 Å². The number of carbonyl (C=O) groups excluding carboxylic acids is 1. The molecule has 0 radical (unpaired) electrons. The van der Waals surface area contributed by atoms with Crippen LogP contribution in [0.15, 0.2) is 76.2 Å². The molecule has 28 heavy (non-hydrogen) atoms. The van der Waals surface area contributed by atoms with E-state index in [4.69, 9.17) is 4.42 Å². The number of oxazole rings is 1. The molecule has 7 heteroatoms. The number of fused-ring (bicyclic) bond motifs is 1. The minimum absolute atomic E-state index is 0.0923. The fourth-order valence-electron chi connectivity index (χ4n) is 3.11. The third-order valence-corrected chi connectivity index (χ3v) is 4.58. The first kappa shape index (κ1) is 17.8. The van der Waals surface area contributed by atoms with Gasteiger partial charge in [0, 0.05) is 31.9 Å². The molecule has 0 aliphatic carbocycles. The van der Waals surface area contributed by atoms with E-state index in [1.165, 1.54) is 4.57 Å². The van der Waals surface area contributed by atoms with Crippen LogP contribution >= 0.6 is 0 Å². The highest BCUT2D eigenvalue weighted by atomic mass is 16.4. The van der Waals surface area contributed by atoms with Crippen LogP contribution in [0, 0.1) is 0 Å². The van der Waals surface area contributed by atoms with E-state index in [2.05, 4.69) is 10.4 Å². The monoisotopic (exact) mass is 376 g/mol. The van der Waals surface area contributed by atoms with Crippen molar-refractivity contribution in [2.45, 2.75) is 19.4 Å². The van der Waals surface area contributed by atoms with Gasteiger partial charge in [-0.05, 0) is 42.3 Å². The minimum Gasteiger partial charge on any atom is -0.408 e. The summed E-state index contributed by atoms with van der Waals surface area (Å²) in [5.41, 5.74) is 3.37. The first-order chi connectivity index (χ1) is 13.7. The fourth-order valence-corrected chi connectivity index (χ4v) is 3.11. The number of nitrogens with one attached hydrogen (secondary N) is 1. The summed E-state index contributed by atoms with van der Waals surface area (Å²) in [5, 5.41) is 7.10. The van der Waals surface area contributed by atoms with Crippen molar-refractivity contribution in [1.82, 2.24) is 19.7 Å². The van der Waals surface area contributed by atoms with Gasteiger partial charge in [0.2, 0.25) is 5.91 Å². The van der Waals surface area contributed by atoms with Crippen molar-refractivity contribution in [1.29, 1.82) is 0 Å². The summed E-state index contributed by atoms with van der Waals surface area (Å²) in [4.78, 5) is 24.0. The molecule has 7 nitrogen and oxygen atoms in total. The normalized spacial score (nSPS) is 11.0. The highest BCUT2D eigenvalue weighted by Gasteiger charge is 2.10. The van der Waals surface area contributed by atoms with Gasteiger partial charge in [-0.15, -0.1) is 0 Å². The number of rotatable bonds is 7. The summed E-state index contributed by atoms with van der Waals surface area (Å²) in [6, 6.07) is 17.1. The maximum absolute atomic E-state index is 12.1. The average Bonchev–Trinajstić information content (AvgIpc) is 3.34. The number of carbonyl (C=O) groups is 1. The van der Waals surface area contributed by atoms with Crippen LogP contribution in [0.2, 0.25) is 0 Å². The van der Waals surface area contributed by atoms with Gasteiger partial charge in [-0.3, -0.25) is 9.36 Å². The molecule has 2 aromatic carbocycles. The molecule has 1 N–H and O–H groups in total. The second kappa shape index (κ2) is 7.96. The number of aryl methyl sites for hydroxylation is 1. The van der Waals surface area contributed by atoms with Crippen LogP contribution in [-0.2, 0) is 17.8 Å². The van der Waals surface area contributed by atoms with Crippen LogP contribution in [-0.4, -0.2) is 26.8 Å². The molecule has 0 aliphatic heterocycles. The van der Waals surface area contributed by atoms with Crippen molar-refractivity contribution >= 4 is 17.0 Å². The number of hydrogen-bond acceptors (Lipinski definition) is 4. The van der Waals surface area contributed by atoms with Crippen LogP contribution in [0.5, 0.6) is 0 Å². The Bertz CT molecular complexity index is 1120. The minimum atomic E-state index is -0.439. The molecule has 0 saturated carbocycles. The number of benzene rings is 2. The van der Waals surface area contributed by atoms with E-state index in [1.54, 1.807) is 16.9 Å². The van der Waals surface area contributed by atoms with Crippen LogP contribution in [0.4, 0.5) is 0 Å². The second-order valence-electron chi connectivity index (χ2n) is 6.45. The Balaban J connectivity index is 1.27. The lowest BCUT2D eigenvalue weighted by Crippen LogP contribution is -2.27. The average molecular weight is 376 g/mol. The first-order valence-corrected chi connectivity index (χ1v) is 9.15. The predicted octanol–water partition coefficient (Wildman–Crippen LogP) is 2.53. The molecule has 0 fully saturated rings. The number of amides is 1. The van der Waals surface area contributed by atoms with Gasteiger partial charge in [-0.1, -0.05) is 24.3 Å². The van der Waals surface area contributed by atoms with E-state index in [0.29, 0.717) is 24.2 Å². The summed E-state index contributed by atoms with van der Waals surface area (Å²) in [6.07, 6.45) is 4.59. The zero-order valence-corrected chi connectivity index (χ0v) is 15.2. The number of nitrogens with zero attached hydrogens (tertiary/aromatic N) is 3. The molecule has 4 aromatic rings. The molecule has 0 spiro atoms. The molecule has 0 bridgehead atoms. The van der Waals surface area contributed by atoms with Crippen molar-refractivity contribution in [2.75, 3.05) is 6.54 Å². The molecule has 1 amide bonds. The lowest BCUT2D eigenvalue weighted by Gasteiger charge is -2.07. The summed E-state index contributed by atoms with van der Waals surface area (Å²) in [7, 11) is 0. The van der Waals surface area contributed by atoms with Gasteiger partial charge in [0.15, 0.2) is 5.58 Å². The highest BCUT2D eigenvalue weighted by molar-refractivity contribution is 5.76. The molecular formula is C21H20N4O3. The van der Waals surface area contributed by atoms with Gasteiger partial charge in [-0.25, -0.2) is 9.48 Å². The van der Waals surface area contributed by atoms with E-state index in [9.17, 15) is 9.59 Å².